The molecule has 1 aliphatic heterocycles. The van der Waals surface area contributed by atoms with E-state index in [1.807, 2.05) is 30.8 Å². The van der Waals surface area contributed by atoms with Crippen LogP contribution in [-0.2, 0) is 0 Å². The summed E-state index contributed by atoms with van der Waals surface area (Å²) in [6.07, 6.45) is 2.54. The van der Waals surface area contributed by atoms with Crippen LogP contribution in [0.1, 0.15) is 25.5 Å². The number of pyridine rings is 1. The van der Waals surface area contributed by atoms with E-state index in [-0.39, 0.29) is 0 Å². The van der Waals surface area contributed by atoms with Crippen molar-refractivity contribution >= 4 is 29.1 Å². The topological polar surface area (TPSA) is 24.9 Å². The normalized spacial score (nSPS) is 25.4. The zero-order valence-corrected chi connectivity index (χ0v) is 11.2. The van der Waals surface area contributed by atoms with Gasteiger partial charge in [-0.1, -0.05) is 18.5 Å². The number of aryl methyl sites for hydroxylation is 1. The maximum absolute atomic E-state index is 5.85. The first-order valence-electron chi connectivity index (χ1n) is 5.68. The van der Waals surface area contributed by atoms with E-state index in [1.165, 1.54) is 18.6 Å². The van der Waals surface area contributed by atoms with Crippen LogP contribution in [0.2, 0.25) is 5.15 Å². The molecule has 2 heterocycles. The van der Waals surface area contributed by atoms with Crippen LogP contribution in [-0.4, -0.2) is 22.0 Å². The van der Waals surface area contributed by atoms with Gasteiger partial charge in [-0.2, -0.15) is 11.8 Å². The molecular weight excluding hydrogens is 240 g/mol. The minimum atomic E-state index is 0.556. The molecular formula is C12H17ClN2S. The summed E-state index contributed by atoms with van der Waals surface area (Å²) in [6, 6.07) is 4.43. The number of hydrogen-bond donors (Lipinski definition) is 1. The minimum absolute atomic E-state index is 0.556. The van der Waals surface area contributed by atoms with Crippen LogP contribution < -0.4 is 5.32 Å². The Balaban J connectivity index is 2.07. The quantitative estimate of drug-likeness (QED) is 0.816. The lowest BCUT2D eigenvalue weighted by Gasteiger charge is -2.30. The fourth-order valence-corrected chi connectivity index (χ4v) is 3.33. The summed E-state index contributed by atoms with van der Waals surface area (Å²) >= 11 is 7.89. The van der Waals surface area contributed by atoms with Gasteiger partial charge < -0.3 is 5.32 Å². The number of aromatic nitrogens is 1. The molecule has 0 amide bonds. The van der Waals surface area contributed by atoms with Crippen molar-refractivity contribution in [2.75, 3.05) is 11.1 Å². The summed E-state index contributed by atoms with van der Waals surface area (Å²) in [5.41, 5.74) is 2.10. The maximum Gasteiger partial charge on any atom is 0.129 e. The lowest BCUT2D eigenvalue weighted by Crippen LogP contribution is -2.33. The fourth-order valence-electron chi connectivity index (χ4n) is 2.00. The molecule has 2 nitrogen and oxygen atoms in total. The zero-order valence-electron chi connectivity index (χ0n) is 9.66. The van der Waals surface area contributed by atoms with Crippen LogP contribution in [0, 0.1) is 6.92 Å². The van der Waals surface area contributed by atoms with Gasteiger partial charge in [0.15, 0.2) is 0 Å². The molecule has 4 heteroatoms. The Bertz CT molecular complexity index is 370. The highest BCUT2D eigenvalue weighted by molar-refractivity contribution is 8.00. The van der Waals surface area contributed by atoms with Gasteiger partial charge in [0.1, 0.15) is 5.15 Å². The Hall–Kier alpha value is -0.410. The first-order valence-corrected chi connectivity index (χ1v) is 7.11. The average molecular weight is 257 g/mol. The third-order valence-corrected chi connectivity index (χ3v) is 4.59. The van der Waals surface area contributed by atoms with Gasteiger partial charge in [0.05, 0.1) is 11.4 Å². The van der Waals surface area contributed by atoms with Gasteiger partial charge in [0.2, 0.25) is 0 Å². The summed E-state index contributed by atoms with van der Waals surface area (Å²) in [5.74, 6) is 1.29. The second kappa shape index (κ2) is 5.28. The molecule has 1 saturated heterocycles. The van der Waals surface area contributed by atoms with Crippen molar-refractivity contribution in [3.05, 3.63) is 23.0 Å². The SMILES string of the molecule is Cc1nc(Cl)ccc1NC1CCCSC1C. The number of nitrogens with one attached hydrogen (secondary N) is 1. The smallest absolute Gasteiger partial charge is 0.129 e. The molecule has 0 radical (unpaired) electrons. The third kappa shape index (κ3) is 2.83. The van der Waals surface area contributed by atoms with E-state index >= 15 is 0 Å². The molecule has 2 unspecified atom stereocenters. The van der Waals surface area contributed by atoms with Crippen molar-refractivity contribution in [2.45, 2.75) is 38.0 Å². The number of nitrogens with zero attached hydrogens (tertiary/aromatic N) is 1. The molecule has 0 aliphatic carbocycles. The van der Waals surface area contributed by atoms with Crippen molar-refractivity contribution in [1.29, 1.82) is 0 Å². The van der Waals surface area contributed by atoms with Gasteiger partial charge in [-0.3, -0.25) is 0 Å². The second-order valence-corrected chi connectivity index (χ2v) is 6.11. The van der Waals surface area contributed by atoms with E-state index in [0.29, 0.717) is 16.4 Å². The van der Waals surface area contributed by atoms with Crippen LogP contribution in [0.25, 0.3) is 0 Å². The largest absolute Gasteiger partial charge is 0.380 e. The summed E-state index contributed by atoms with van der Waals surface area (Å²) < 4.78 is 0. The number of anilines is 1. The fraction of sp³-hybridized carbons (Fsp3) is 0.583. The molecule has 0 bridgehead atoms. The van der Waals surface area contributed by atoms with Gasteiger partial charge in [0.25, 0.3) is 0 Å². The standard InChI is InChI=1S/C12H17ClN2S/c1-8-10(5-6-12(13)14-8)15-11-4-3-7-16-9(11)2/h5-6,9,11,15H,3-4,7H2,1-2H3. The Morgan fingerprint density at radius 3 is 3.00 bits per heavy atom. The number of thioether (sulfide) groups is 1. The molecule has 1 fully saturated rings. The predicted octanol–water partition coefficient (Wildman–Crippen LogP) is 3.74. The number of halogens is 1. The van der Waals surface area contributed by atoms with Gasteiger partial charge in [-0.25, -0.2) is 4.98 Å². The second-order valence-electron chi connectivity index (χ2n) is 4.24. The van der Waals surface area contributed by atoms with Crippen LogP contribution >= 0.6 is 23.4 Å². The lowest BCUT2D eigenvalue weighted by molar-refractivity contribution is 0.617. The summed E-state index contributed by atoms with van der Waals surface area (Å²) in [4.78, 5) is 4.26. The Morgan fingerprint density at radius 2 is 2.31 bits per heavy atom. The van der Waals surface area contributed by atoms with Gasteiger partial charge in [0, 0.05) is 11.3 Å². The van der Waals surface area contributed by atoms with Crippen LogP contribution in [0.15, 0.2) is 12.1 Å². The van der Waals surface area contributed by atoms with E-state index < -0.39 is 0 Å². The Kier molecular flexibility index (Phi) is 3.98. The molecule has 0 aromatic carbocycles. The molecule has 2 rings (SSSR count). The first-order chi connectivity index (χ1) is 7.66. The van der Waals surface area contributed by atoms with Crippen LogP contribution in [0.5, 0.6) is 0 Å². The van der Waals surface area contributed by atoms with E-state index in [0.717, 1.165) is 11.4 Å². The number of hydrogen-bond acceptors (Lipinski definition) is 3. The van der Waals surface area contributed by atoms with Gasteiger partial charge >= 0.3 is 0 Å². The highest BCUT2D eigenvalue weighted by atomic mass is 35.5. The Labute approximate surface area is 106 Å². The zero-order chi connectivity index (χ0) is 11.5. The molecule has 2 atom stereocenters. The average Bonchev–Trinajstić information content (AvgIpc) is 2.25. The van der Waals surface area contributed by atoms with E-state index in [1.54, 1.807) is 0 Å². The maximum atomic E-state index is 5.85. The first kappa shape index (κ1) is 12.1. The van der Waals surface area contributed by atoms with E-state index in [2.05, 4.69) is 17.2 Å². The molecule has 16 heavy (non-hydrogen) atoms. The molecule has 0 spiro atoms. The molecule has 0 saturated carbocycles. The van der Waals surface area contributed by atoms with Crippen LogP contribution in [0.4, 0.5) is 5.69 Å². The highest BCUT2D eigenvalue weighted by Crippen LogP contribution is 2.28. The van der Waals surface area contributed by atoms with Gasteiger partial charge in [-0.15, -0.1) is 0 Å². The molecule has 1 aromatic heterocycles. The lowest BCUT2D eigenvalue weighted by atomic mass is 10.1. The molecule has 88 valence electrons. The predicted molar refractivity (Wildman–Crippen MR) is 72.5 cm³/mol. The number of rotatable bonds is 2. The van der Waals surface area contributed by atoms with E-state index in [4.69, 9.17) is 11.6 Å². The van der Waals surface area contributed by atoms with Crippen molar-refractivity contribution in [3.63, 3.8) is 0 Å². The highest BCUT2D eigenvalue weighted by Gasteiger charge is 2.21. The summed E-state index contributed by atoms with van der Waals surface area (Å²) in [6.45, 7) is 4.29. The van der Waals surface area contributed by atoms with Crippen molar-refractivity contribution in [1.82, 2.24) is 4.98 Å². The van der Waals surface area contributed by atoms with Crippen LogP contribution in [0.3, 0.4) is 0 Å². The monoisotopic (exact) mass is 256 g/mol. The molecule has 1 N–H and O–H groups in total. The minimum Gasteiger partial charge on any atom is -0.380 e. The molecule has 1 aromatic rings. The summed E-state index contributed by atoms with van der Waals surface area (Å²) in [5, 5.41) is 4.82. The van der Waals surface area contributed by atoms with Crippen molar-refractivity contribution in [2.24, 2.45) is 0 Å². The summed E-state index contributed by atoms with van der Waals surface area (Å²) in [7, 11) is 0. The van der Waals surface area contributed by atoms with Gasteiger partial charge in [-0.05, 0) is 37.7 Å². The Morgan fingerprint density at radius 1 is 1.50 bits per heavy atom. The third-order valence-electron chi connectivity index (χ3n) is 3.00. The van der Waals surface area contributed by atoms with Crippen molar-refractivity contribution in [3.8, 4) is 0 Å². The molecule has 1 aliphatic rings. The van der Waals surface area contributed by atoms with E-state index in [9.17, 15) is 0 Å². The van der Waals surface area contributed by atoms with Crippen molar-refractivity contribution < 1.29 is 0 Å².